The maximum absolute atomic E-state index is 13.4. The predicted octanol–water partition coefficient (Wildman–Crippen LogP) is 3.34. The van der Waals surface area contributed by atoms with Gasteiger partial charge in [0.05, 0.1) is 22.6 Å². The first kappa shape index (κ1) is 25.0. The van der Waals surface area contributed by atoms with E-state index in [0.29, 0.717) is 28.3 Å². The predicted molar refractivity (Wildman–Crippen MR) is 140 cm³/mol. The maximum atomic E-state index is 13.4. The first-order valence-electron chi connectivity index (χ1n) is 12.7. The Bertz CT molecular complexity index is 1240. The van der Waals surface area contributed by atoms with Gasteiger partial charge in [-0.1, -0.05) is 6.07 Å². The Hall–Kier alpha value is -2.69. The van der Waals surface area contributed by atoms with E-state index < -0.39 is 15.6 Å². The van der Waals surface area contributed by atoms with Crippen LogP contribution >= 0.6 is 0 Å². The highest BCUT2D eigenvalue weighted by Crippen LogP contribution is 2.54. The number of hydrogen-bond donors (Lipinski definition) is 4. The zero-order valence-electron chi connectivity index (χ0n) is 20.9. The Labute approximate surface area is 212 Å². The van der Waals surface area contributed by atoms with Crippen molar-refractivity contribution in [1.29, 1.82) is 0 Å². The Balaban J connectivity index is 1.39. The number of hydrogen-bond acceptors (Lipinski definition) is 7. The SMILES string of the molecule is CC(C)(CO)Nc1ccc(C(=O)Nc2cccc(S(=O)(=O)NC3CC3)c2)c(N2CCC3(CC2)CC3)n1. The van der Waals surface area contributed by atoms with Crippen LogP contribution in [0.15, 0.2) is 41.3 Å². The standard InChI is InChI=1S/C26H35N5O4S/c1-25(2,17-32)29-22-9-8-21(23(28-22)31-14-12-26(10-11-26)13-15-31)24(33)27-19-4-3-5-20(16-19)36(34,35)30-18-6-7-18/h3-5,8-9,16,18,30,32H,6-7,10-15,17H2,1-2H3,(H,27,33)(H,28,29). The molecule has 1 aromatic heterocycles. The quantitative estimate of drug-likeness (QED) is 0.405. The molecule has 1 amide bonds. The van der Waals surface area contributed by atoms with Crippen molar-refractivity contribution in [3.63, 3.8) is 0 Å². The number of aromatic nitrogens is 1. The lowest BCUT2D eigenvalue weighted by atomic mass is 9.93. The number of benzene rings is 1. The number of aliphatic hydroxyl groups is 1. The zero-order chi connectivity index (χ0) is 25.6. The number of sulfonamides is 1. The first-order valence-corrected chi connectivity index (χ1v) is 14.2. The molecule has 194 valence electrons. The number of carbonyl (C=O) groups is 1. The monoisotopic (exact) mass is 513 g/mol. The summed E-state index contributed by atoms with van der Waals surface area (Å²) in [6.45, 7) is 5.37. The molecule has 3 fully saturated rings. The molecule has 1 aromatic carbocycles. The van der Waals surface area contributed by atoms with Gasteiger partial charge in [-0.05, 0) is 88.1 Å². The van der Waals surface area contributed by atoms with Gasteiger partial charge in [0.15, 0.2) is 0 Å². The van der Waals surface area contributed by atoms with Crippen LogP contribution in [0.2, 0.25) is 0 Å². The minimum Gasteiger partial charge on any atom is -0.394 e. The molecule has 0 radical (unpaired) electrons. The van der Waals surface area contributed by atoms with Crippen LogP contribution in [0.5, 0.6) is 0 Å². The lowest BCUT2D eigenvalue weighted by molar-refractivity contribution is 0.102. The molecule has 2 heterocycles. The molecular weight excluding hydrogens is 478 g/mol. The number of piperidine rings is 1. The van der Waals surface area contributed by atoms with Gasteiger partial charge in [0, 0.05) is 24.8 Å². The molecule has 2 saturated carbocycles. The van der Waals surface area contributed by atoms with E-state index in [0.717, 1.165) is 38.8 Å². The molecule has 2 aliphatic carbocycles. The third-order valence-electron chi connectivity index (χ3n) is 7.36. The summed E-state index contributed by atoms with van der Waals surface area (Å²) in [4.78, 5) is 20.5. The molecule has 1 spiro atoms. The van der Waals surface area contributed by atoms with E-state index in [-0.39, 0.29) is 23.5 Å². The number of amides is 1. The second-order valence-corrected chi connectivity index (χ2v) is 12.8. The summed E-state index contributed by atoms with van der Waals surface area (Å²) in [5.74, 6) is 0.842. The fourth-order valence-corrected chi connectivity index (χ4v) is 5.97. The third kappa shape index (κ3) is 5.66. The number of nitrogens with zero attached hydrogens (tertiary/aromatic N) is 2. The third-order valence-corrected chi connectivity index (χ3v) is 8.88. The lowest BCUT2D eigenvalue weighted by Crippen LogP contribution is -2.38. The number of pyridine rings is 1. The smallest absolute Gasteiger partial charge is 0.259 e. The van der Waals surface area contributed by atoms with Crippen molar-refractivity contribution < 1.29 is 18.3 Å². The van der Waals surface area contributed by atoms with Crippen molar-refractivity contribution in [2.24, 2.45) is 5.41 Å². The molecule has 10 heteroatoms. The summed E-state index contributed by atoms with van der Waals surface area (Å²) in [5.41, 5.74) is 0.755. The van der Waals surface area contributed by atoms with Gasteiger partial charge in [-0.15, -0.1) is 0 Å². The van der Waals surface area contributed by atoms with Crippen LogP contribution in [-0.2, 0) is 10.0 Å². The molecule has 3 aliphatic rings. The number of rotatable bonds is 9. The Kier molecular flexibility index (Phi) is 6.46. The van der Waals surface area contributed by atoms with E-state index in [1.54, 1.807) is 24.3 Å². The molecule has 0 unspecified atom stereocenters. The van der Waals surface area contributed by atoms with Crippen molar-refractivity contribution in [1.82, 2.24) is 9.71 Å². The van der Waals surface area contributed by atoms with Crippen LogP contribution < -0.4 is 20.3 Å². The van der Waals surface area contributed by atoms with Crippen LogP contribution in [0.1, 0.15) is 62.7 Å². The molecule has 0 bridgehead atoms. The van der Waals surface area contributed by atoms with Gasteiger partial charge in [-0.25, -0.2) is 18.1 Å². The van der Waals surface area contributed by atoms with E-state index in [4.69, 9.17) is 4.98 Å². The Morgan fingerprint density at radius 2 is 1.86 bits per heavy atom. The molecule has 4 N–H and O–H groups in total. The van der Waals surface area contributed by atoms with Crippen molar-refractivity contribution in [3.8, 4) is 0 Å². The van der Waals surface area contributed by atoms with Gasteiger partial charge in [0.25, 0.3) is 5.91 Å². The second-order valence-electron chi connectivity index (χ2n) is 11.1. The minimum absolute atomic E-state index is 0.00383. The van der Waals surface area contributed by atoms with E-state index in [9.17, 15) is 18.3 Å². The van der Waals surface area contributed by atoms with Crippen LogP contribution in [0, 0.1) is 5.41 Å². The van der Waals surface area contributed by atoms with Crippen molar-refractivity contribution in [2.75, 3.05) is 35.2 Å². The van der Waals surface area contributed by atoms with Crippen LogP contribution in [0.25, 0.3) is 0 Å². The number of anilines is 3. The second kappa shape index (κ2) is 9.32. The van der Waals surface area contributed by atoms with Gasteiger partial charge in [0.2, 0.25) is 10.0 Å². The minimum atomic E-state index is -3.63. The summed E-state index contributed by atoms with van der Waals surface area (Å²) in [7, 11) is -3.63. The molecule has 1 aliphatic heterocycles. The average Bonchev–Trinajstić information content (AvgIpc) is 3.78. The van der Waals surface area contributed by atoms with Crippen molar-refractivity contribution in [3.05, 3.63) is 42.0 Å². The van der Waals surface area contributed by atoms with Crippen LogP contribution in [0.3, 0.4) is 0 Å². The molecule has 2 aromatic rings. The molecule has 9 nitrogen and oxygen atoms in total. The fraction of sp³-hybridized carbons (Fsp3) is 0.538. The fourth-order valence-electron chi connectivity index (χ4n) is 4.62. The van der Waals surface area contributed by atoms with Gasteiger partial charge in [-0.2, -0.15) is 0 Å². The molecule has 1 saturated heterocycles. The molecular formula is C26H35N5O4S. The summed E-state index contributed by atoms with van der Waals surface area (Å²) in [6.07, 6.45) is 6.44. The Morgan fingerprint density at radius 1 is 1.14 bits per heavy atom. The topological polar surface area (TPSA) is 124 Å². The normalized spacial score (nSPS) is 19.2. The van der Waals surface area contributed by atoms with Crippen LogP contribution in [0.4, 0.5) is 17.3 Å². The zero-order valence-corrected chi connectivity index (χ0v) is 21.7. The Morgan fingerprint density at radius 3 is 2.50 bits per heavy atom. The first-order chi connectivity index (χ1) is 17.1. The summed E-state index contributed by atoms with van der Waals surface area (Å²) >= 11 is 0. The lowest BCUT2D eigenvalue weighted by Gasteiger charge is -2.34. The highest BCUT2D eigenvalue weighted by molar-refractivity contribution is 7.89. The summed E-state index contributed by atoms with van der Waals surface area (Å²) in [6, 6.07) is 9.79. The highest BCUT2D eigenvalue weighted by Gasteiger charge is 2.45. The van der Waals surface area contributed by atoms with E-state index in [1.807, 2.05) is 13.8 Å². The summed E-state index contributed by atoms with van der Waals surface area (Å²) in [5, 5.41) is 15.8. The van der Waals surface area contributed by atoms with Crippen molar-refractivity contribution in [2.45, 2.75) is 68.8 Å². The van der Waals surface area contributed by atoms with Crippen LogP contribution in [-0.4, -0.2) is 55.7 Å². The average molecular weight is 514 g/mol. The van der Waals surface area contributed by atoms with Gasteiger partial charge in [0.1, 0.15) is 11.6 Å². The van der Waals surface area contributed by atoms with Crippen molar-refractivity contribution >= 4 is 33.3 Å². The molecule has 5 rings (SSSR count). The summed E-state index contributed by atoms with van der Waals surface area (Å²) < 4.78 is 27.9. The van der Waals surface area contributed by atoms with Gasteiger partial charge in [-0.3, -0.25) is 4.79 Å². The van der Waals surface area contributed by atoms with Gasteiger partial charge >= 0.3 is 0 Å². The van der Waals surface area contributed by atoms with E-state index in [1.165, 1.54) is 25.0 Å². The molecule has 0 atom stereocenters. The van der Waals surface area contributed by atoms with Gasteiger partial charge < -0.3 is 20.6 Å². The van der Waals surface area contributed by atoms with E-state index in [2.05, 4.69) is 20.3 Å². The number of carbonyl (C=O) groups excluding carboxylic acids is 1. The number of aliphatic hydroxyl groups excluding tert-OH is 1. The number of nitrogens with one attached hydrogen (secondary N) is 3. The maximum Gasteiger partial charge on any atom is 0.259 e. The molecule has 36 heavy (non-hydrogen) atoms. The van der Waals surface area contributed by atoms with E-state index >= 15 is 0 Å². The largest absolute Gasteiger partial charge is 0.394 e. The highest BCUT2D eigenvalue weighted by atomic mass is 32.2.